The van der Waals surface area contributed by atoms with E-state index < -0.39 is 0 Å². The van der Waals surface area contributed by atoms with Crippen LogP contribution in [-0.4, -0.2) is 36.7 Å². The first-order valence-electron chi connectivity index (χ1n) is 3.79. The molecule has 0 amide bonds. The minimum atomic E-state index is 0.194. The van der Waals surface area contributed by atoms with Crippen LogP contribution in [0.1, 0.15) is 13.8 Å². The highest BCUT2D eigenvalue weighted by atomic mass is 16.5. The number of ether oxygens (including phenoxy) is 1. The van der Waals surface area contributed by atoms with Crippen molar-refractivity contribution in [2.45, 2.75) is 19.4 Å². The van der Waals surface area contributed by atoms with Gasteiger partial charge in [-0.1, -0.05) is 0 Å². The monoisotopic (exact) mass is 142 g/mol. The summed E-state index contributed by atoms with van der Waals surface area (Å²) in [5, 5.41) is 0. The zero-order chi connectivity index (χ0) is 7.61. The van der Waals surface area contributed by atoms with E-state index in [9.17, 15) is 0 Å². The summed E-state index contributed by atoms with van der Waals surface area (Å²) in [4.78, 5) is 2.34. The van der Waals surface area contributed by atoms with Gasteiger partial charge in [0.1, 0.15) is 0 Å². The molecule has 0 atom stereocenters. The second kappa shape index (κ2) is 2.89. The first kappa shape index (κ1) is 8.02. The van der Waals surface area contributed by atoms with Gasteiger partial charge in [-0.05, 0) is 27.3 Å². The van der Waals surface area contributed by atoms with E-state index in [4.69, 9.17) is 4.74 Å². The van der Waals surface area contributed by atoms with Gasteiger partial charge in [0.2, 0.25) is 0 Å². The zero-order valence-corrected chi connectivity index (χ0v) is 6.89. The Hall–Kier alpha value is -0.0800. The van der Waals surface area contributed by atoms with E-state index in [0.29, 0.717) is 0 Å². The maximum absolute atomic E-state index is 5.35. The third-order valence-electron chi connectivity index (χ3n) is 2.09. The van der Waals surface area contributed by atoms with Gasteiger partial charge < -0.3 is 4.74 Å². The Morgan fingerprint density at radius 1 is 1.60 bits per heavy atom. The molecule has 1 rings (SSSR count). The van der Waals surface area contributed by atoms with E-state index >= 15 is 0 Å². The summed E-state index contributed by atoms with van der Waals surface area (Å²) in [6, 6.07) is 0. The van der Waals surface area contributed by atoms with Gasteiger partial charge in [0.05, 0.1) is 13.2 Å². The molecule has 1 radical (unpaired) electrons. The number of rotatable bonds is 1. The second-order valence-corrected chi connectivity index (χ2v) is 3.35. The summed E-state index contributed by atoms with van der Waals surface area (Å²) in [6.07, 6.45) is 0. The first-order chi connectivity index (χ1) is 4.67. The van der Waals surface area contributed by atoms with Gasteiger partial charge in [0.25, 0.3) is 0 Å². The van der Waals surface area contributed by atoms with Crippen LogP contribution in [0.25, 0.3) is 0 Å². The molecule has 0 aromatic carbocycles. The molecule has 0 aliphatic carbocycles. The lowest BCUT2D eigenvalue weighted by atomic mass is 10.0. The quantitative estimate of drug-likeness (QED) is 0.540. The molecule has 1 saturated heterocycles. The van der Waals surface area contributed by atoms with E-state index in [-0.39, 0.29) is 5.54 Å². The lowest BCUT2D eigenvalue weighted by Gasteiger charge is -2.41. The molecule has 1 aliphatic rings. The van der Waals surface area contributed by atoms with Crippen LogP contribution in [0.2, 0.25) is 0 Å². The van der Waals surface area contributed by atoms with Gasteiger partial charge in [-0.2, -0.15) is 0 Å². The van der Waals surface area contributed by atoms with Crippen LogP contribution in [0.4, 0.5) is 0 Å². The average molecular weight is 142 g/mol. The lowest BCUT2D eigenvalue weighted by molar-refractivity contribution is -0.0453. The van der Waals surface area contributed by atoms with Crippen LogP contribution in [-0.2, 0) is 4.74 Å². The number of hydrogen-bond acceptors (Lipinski definition) is 2. The zero-order valence-electron chi connectivity index (χ0n) is 6.89. The smallest absolute Gasteiger partial charge is 0.0645 e. The Kier molecular flexibility index (Phi) is 2.32. The summed E-state index contributed by atoms with van der Waals surface area (Å²) < 4.78 is 5.35. The molecule has 0 unspecified atom stereocenters. The predicted octanol–water partition coefficient (Wildman–Crippen LogP) is 0.931. The summed E-state index contributed by atoms with van der Waals surface area (Å²) >= 11 is 0. The van der Waals surface area contributed by atoms with E-state index in [1.165, 1.54) is 0 Å². The van der Waals surface area contributed by atoms with Crippen molar-refractivity contribution in [2.24, 2.45) is 0 Å². The van der Waals surface area contributed by atoms with Crippen LogP contribution >= 0.6 is 0 Å². The van der Waals surface area contributed by atoms with E-state index in [1.54, 1.807) is 0 Å². The molecule has 2 nitrogen and oxygen atoms in total. The Balaban J connectivity index is 2.51. The highest BCUT2D eigenvalue weighted by Crippen LogP contribution is 2.17. The molecule has 10 heavy (non-hydrogen) atoms. The molecule has 0 spiro atoms. The SMILES string of the molecule is [CH2]CN1CCOCC1(C)C. The standard InChI is InChI=1S/C8H16NO/c1-4-9-5-6-10-7-8(9,2)3/h1,4-7H2,2-3H3. The first-order valence-corrected chi connectivity index (χ1v) is 3.79. The molecule has 1 heterocycles. The molecular weight excluding hydrogens is 126 g/mol. The largest absolute Gasteiger partial charge is 0.378 e. The molecule has 0 N–H and O–H groups in total. The molecular formula is C8H16NO. The number of nitrogens with zero attached hydrogens (tertiary/aromatic N) is 1. The van der Waals surface area contributed by atoms with Crippen molar-refractivity contribution < 1.29 is 4.74 Å². The fraction of sp³-hybridized carbons (Fsp3) is 0.875. The van der Waals surface area contributed by atoms with Gasteiger partial charge in [-0.3, -0.25) is 4.90 Å². The maximum Gasteiger partial charge on any atom is 0.0645 e. The third kappa shape index (κ3) is 1.50. The van der Waals surface area contributed by atoms with Gasteiger partial charge in [-0.15, -0.1) is 0 Å². The number of morpholine rings is 1. The highest BCUT2D eigenvalue weighted by molar-refractivity contribution is 4.84. The molecule has 2 heteroatoms. The minimum Gasteiger partial charge on any atom is -0.378 e. The molecule has 0 aromatic rings. The Labute approximate surface area is 63.2 Å². The van der Waals surface area contributed by atoms with Crippen molar-refractivity contribution in [1.82, 2.24) is 4.90 Å². The van der Waals surface area contributed by atoms with Gasteiger partial charge in [0, 0.05) is 12.1 Å². The van der Waals surface area contributed by atoms with Crippen LogP contribution < -0.4 is 0 Å². The summed E-state index contributed by atoms with van der Waals surface area (Å²) in [5.41, 5.74) is 0.194. The fourth-order valence-corrected chi connectivity index (χ4v) is 1.31. The van der Waals surface area contributed by atoms with Crippen molar-refractivity contribution in [3.63, 3.8) is 0 Å². The molecule has 0 bridgehead atoms. The van der Waals surface area contributed by atoms with Crippen molar-refractivity contribution in [1.29, 1.82) is 0 Å². The summed E-state index contributed by atoms with van der Waals surface area (Å²) in [5.74, 6) is 0. The van der Waals surface area contributed by atoms with Crippen molar-refractivity contribution in [2.75, 3.05) is 26.3 Å². The van der Waals surface area contributed by atoms with E-state index in [2.05, 4.69) is 25.7 Å². The predicted molar refractivity (Wildman–Crippen MR) is 41.8 cm³/mol. The molecule has 59 valence electrons. The normalized spacial score (nSPS) is 26.7. The van der Waals surface area contributed by atoms with E-state index in [1.807, 2.05) is 0 Å². The number of hydrogen-bond donors (Lipinski definition) is 0. The maximum atomic E-state index is 5.35. The van der Waals surface area contributed by atoms with Gasteiger partial charge in [-0.25, -0.2) is 0 Å². The highest BCUT2D eigenvalue weighted by Gasteiger charge is 2.28. The van der Waals surface area contributed by atoms with Crippen molar-refractivity contribution >= 4 is 0 Å². The Morgan fingerprint density at radius 2 is 2.30 bits per heavy atom. The Bertz CT molecular complexity index is 112. The van der Waals surface area contributed by atoms with Gasteiger partial charge in [0.15, 0.2) is 0 Å². The molecule has 0 saturated carbocycles. The second-order valence-electron chi connectivity index (χ2n) is 3.35. The van der Waals surface area contributed by atoms with Gasteiger partial charge >= 0.3 is 0 Å². The van der Waals surface area contributed by atoms with Crippen LogP contribution in [0.15, 0.2) is 0 Å². The fourth-order valence-electron chi connectivity index (χ4n) is 1.31. The van der Waals surface area contributed by atoms with Crippen molar-refractivity contribution in [3.8, 4) is 0 Å². The van der Waals surface area contributed by atoms with Crippen LogP contribution in [0.3, 0.4) is 0 Å². The molecule has 1 fully saturated rings. The summed E-state index contributed by atoms with van der Waals surface area (Å²) in [7, 11) is 0. The summed E-state index contributed by atoms with van der Waals surface area (Å²) in [6.45, 7) is 11.9. The molecule has 0 aromatic heterocycles. The third-order valence-corrected chi connectivity index (χ3v) is 2.09. The Morgan fingerprint density at radius 3 is 2.70 bits per heavy atom. The van der Waals surface area contributed by atoms with E-state index in [0.717, 1.165) is 26.3 Å². The average Bonchev–Trinajstić information content (AvgIpc) is 1.87. The van der Waals surface area contributed by atoms with Crippen LogP contribution in [0.5, 0.6) is 0 Å². The van der Waals surface area contributed by atoms with Crippen molar-refractivity contribution in [3.05, 3.63) is 6.92 Å². The molecule has 1 aliphatic heterocycles. The lowest BCUT2D eigenvalue weighted by Crippen LogP contribution is -2.52. The van der Waals surface area contributed by atoms with Crippen LogP contribution in [0, 0.1) is 6.92 Å². The topological polar surface area (TPSA) is 12.5 Å². The minimum absolute atomic E-state index is 0.194.